The molecule has 1 rings (SSSR count). The highest BCUT2D eigenvalue weighted by Gasteiger charge is 2.19. The molecule has 0 saturated heterocycles. The van der Waals surface area contributed by atoms with Gasteiger partial charge in [0.2, 0.25) is 0 Å². The van der Waals surface area contributed by atoms with E-state index in [1.807, 2.05) is 24.9 Å². The third-order valence-corrected chi connectivity index (χ3v) is 3.70. The smallest absolute Gasteiger partial charge is 0.140 e. The van der Waals surface area contributed by atoms with Gasteiger partial charge in [-0.1, -0.05) is 41.5 Å². The Morgan fingerprint density at radius 3 is 2.17 bits per heavy atom. The van der Waals surface area contributed by atoms with Crippen LogP contribution >= 0.6 is 11.8 Å². The molecule has 1 heterocycles. The lowest BCUT2D eigenvalue weighted by Gasteiger charge is -2.21. The normalized spacial score (nSPS) is 12.6. The minimum Gasteiger partial charge on any atom is -0.373 e. The van der Waals surface area contributed by atoms with Crippen LogP contribution < -0.4 is 5.32 Å². The van der Waals surface area contributed by atoms with Crippen molar-refractivity contribution < 1.29 is 0 Å². The Bertz CT molecular complexity index is 402. The Kier molecular flexibility index (Phi) is 4.65. The quantitative estimate of drug-likeness (QED) is 0.902. The summed E-state index contributed by atoms with van der Waals surface area (Å²) in [6.45, 7) is 13.2. The molecule has 0 aliphatic heterocycles. The second kappa shape index (κ2) is 5.47. The first-order chi connectivity index (χ1) is 8.12. The molecule has 0 saturated carbocycles. The Balaban J connectivity index is 2.98. The van der Waals surface area contributed by atoms with Crippen LogP contribution in [0.15, 0.2) is 6.07 Å². The van der Waals surface area contributed by atoms with Crippen molar-refractivity contribution in [3.05, 3.63) is 17.6 Å². The van der Waals surface area contributed by atoms with Crippen molar-refractivity contribution in [1.29, 1.82) is 0 Å². The Morgan fingerprint density at radius 1 is 1.11 bits per heavy atom. The van der Waals surface area contributed by atoms with Crippen molar-refractivity contribution in [2.75, 3.05) is 12.4 Å². The third-order valence-electron chi connectivity index (χ3n) is 2.43. The number of hydrogen-bond donors (Lipinski definition) is 1. The van der Waals surface area contributed by atoms with Crippen LogP contribution in [0.4, 0.5) is 5.82 Å². The highest BCUT2D eigenvalue weighted by atomic mass is 32.2. The van der Waals surface area contributed by atoms with Crippen molar-refractivity contribution >= 4 is 17.6 Å². The molecule has 0 aromatic carbocycles. The zero-order valence-corrected chi connectivity index (χ0v) is 13.4. The highest BCUT2D eigenvalue weighted by molar-refractivity contribution is 7.99. The molecule has 0 aliphatic carbocycles. The molecule has 4 heteroatoms. The van der Waals surface area contributed by atoms with Gasteiger partial charge in [0.05, 0.1) is 11.4 Å². The highest BCUT2D eigenvalue weighted by Crippen LogP contribution is 2.28. The van der Waals surface area contributed by atoms with Crippen LogP contribution in [-0.4, -0.2) is 21.8 Å². The van der Waals surface area contributed by atoms with Gasteiger partial charge in [-0.25, -0.2) is 9.97 Å². The van der Waals surface area contributed by atoms with E-state index in [0.29, 0.717) is 0 Å². The summed E-state index contributed by atoms with van der Waals surface area (Å²) in [4.78, 5) is 9.21. The van der Waals surface area contributed by atoms with E-state index < -0.39 is 0 Å². The van der Waals surface area contributed by atoms with Crippen LogP contribution in [0, 0.1) is 0 Å². The Morgan fingerprint density at radius 2 is 1.72 bits per heavy atom. The summed E-state index contributed by atoms with van der Waals surface area (Å²) < 4.78 is 0.237. The molecule has 102 valence electrons. The molecule has 1 aromatic heterocycles. The van der Waals surface area contributed by atoms with E-state index >= 15 is 0 Å². The maximum atomic E-state index is 4.68. The second-order valence-electron chi connectivity index (χ2n) is 6.46. The standard InChI is InChI=1S/C14H25N3S/c1-13(2,3)10-8-11(15-7)17-12(16-10)9-18-14(4,5)6/h8H,9H2,1-7H3,(H,15,16,17). The Hall–Kier alpha value is -0.770. The first-order valence-electron chi connectivity index (χ1n) is 6.32. The van der Waals surface area contributed by atoms with Gasteiger partial charge in [-0.05, 0) is 0 Å². The summed E-state index contributed by atoms with van der Waals surface area (Å²) in [5.41, 5.74) is 1.14. The van der Waals surface area contributed by atoms with E-state index in [-0.39, 0.29) is 10.2 Å². The van der Waals surface area contributed by atoms with Gasteiger partial charge in [0, 0.05) is 23.3 Å². The van der Waals surface area contributed by atoms with Crippen molar-refractivity contribution in [3.63, 3.8) is 0 Å². The second-order valence-corrected chi connectivity index (χ2v) is 8.26. The van der Waals surface area contributed by atoms with E-state index in [1.165, 1.54) is 0 Å². The topological polar surface area (TPSA) is 37.8 Å². The maximum Gasteiger partial charge on any atom is 0.140 e. The lowest BCUT2D eigenvalue weighted by Crippen LogP contribution is -2.17. The van der Waals surface area contributed by atoms with Crippen LogP contribution in [0.3, 0.4) is 0 Å². The third kappa shape index (κ3) is 4.84. The molecular formula is C14H25N3S. The monoisotopic (exact) mass is 267 g/mol. The summed E-state index contributed by atoms with van der Waals surface area (Å²) in [6.07, 6.45) is 0. The summed E-state index contributed by atoms with van der Waals surface area (Å²) in [6, 6.07) is 2.03. The van der Waals surface area contributed by atoms with Crippen LogP contribution in [0.5, 0.6) is 0 Å². The molecule has 0 aliphatic rings. The minimum absolute atomic E-state index is 0.0513. The predicted molar refractivity (Wildman–Crippen MR) is 81.3 cm³/mol. The molecule has 3 nitrogen and oxygen atoms in total. The van der Waals surface area contributed by atoms with Crippen molar-refractivity contribution in [2.45, 2.75) is 57.5 Å². The maximum absolute atomic E-state index is 4.68. The average Bonchev–Trinajstić information content (AvgIpc) is 2.24. The summed E-state index contributed by atoms with van der Waals surface area (Å²) in [5.74, 6) is 2.66. The molecule has 0 atom stereocenters. The van der Waals surface area contributed by atoms with E-state index in [0.717, 1.165) is 23.1 Å². The van der Waals surface area contributed by atoms with Gasteiger partial charge in [0.1, 0.15) is 11.6 Å². The van der Waals surface area contributed by atoms with E-state index in [1.54, 1.807) is 0 Å². The molecular weight excluding hydrogens is 242 g/mol. The summed E-state index contributed by atoms with van der Waals surface area (Å²) in [7, 11) is 1.90. The van der Waals surface area contributed by atoms with Gasteiger partial charge in [-0.2, -0.15) is 0 Å². The molecule has 1 aromatic rings. The molecule has 1 N–H and O–H groups in total. The average molecular weight is 267 g/mol. The van der Waals surface area contributed by atoms with Crippen LogP contribution in [0.2, 0.25) is 0 Å². The predicted octanol–water partition coefficient (Wildman–Crippen LogP) is 3.85. The zero-order valence-electron chi connectivity index (χ0n) is 12.6. The van der Waals surface area contributed by atoms with Gasteiger partial charge in [0.15, 0.2) is 0 Å². The Labute approximate surface area is 115 Å². The van der Waals surface area contributed by atoms with Crippen molar-refractivity contribution in [1.82, 2.24) is 9.97 Å². The molecule has 0 radical (unpaired) electrons. The first-order valence-corrected chi connectivity index (χ1v) is 7.30. The van der Waals surface area contributed by atoms with Crippen LogP contribution in [0.1, 0.15) is 53.1 Å². The summed E-state index contributed by atoms with van der Waals surface area (Å²) >= 11 is 1.87. The van der Waals surface area contributed by atoms with Gasteiger partial charge < -0.3 is 5.32 Å². The fraction of sp³-hybridized carbons (Fsp3) is 0.714. The molecule has 0 bridgehead atoms. The van der Waals surface area contributed by atoms with E-state index in [2.05, 4.69) is 56.8 Å². The lowest BCUT2D eigenvalue weighted by molar-refractivity contribution is 0.564. The molecule has 18 heavy (non-hydrogen) atoms. The number of hydrogen-bond acceptors (Lipinski definition) is 4. The number of rotatable bonds is 3. The molecule has 0 unspecified atom stereocenters. The van der Waals surface area contributed by atoms with Gasteiger partial charge in [-0.3, -0.25) is 0 Å². The number of nitrogens with zero attached hydrogens (tertiary/aromatic N) is 2. The van der Waals surface area contributed by atoms with E-state index in [4.69, 9.17) is 0 Å². The van der Waals surface area contributed by atoms with Crippen molar-refractivity contribution in [3.8, 4) is 0 Å². The van der Waals surface area contributed by atoms with Crippen molar-refractivity contribution in [2.24, 2.45) is 0 Å². The largest absolute Gasteiger partial charge is 0.373 e. The lowest BCUT2D eigenvalue weighted by atomic mass is 9.92. The zero-order chi connectivity index (χ0) is 14.0. The van der Waals surface area contributed by atoms with Gasteiger partial charge in [-0.15, -0.1) is 11.8 Å². The molecule has 0 amide bonds. The van der Waals surface area contributed by atoms with Crippen LogP contribution in [-0.2, 0) is 11.2 Å². The van der Waals surface area contributed by atoms with Crippen LogP contribution in [0.25, 0.3) is 0 Å². The number of thioether (sulfide) groups is 1. The number of nitrogens with one attached hydrogen (secondary N) is 1. The number of anilines is 1. The molecule has 0 spiro atoms. The van der Waals surface area contributed by atoms with Gasteiger partial charge in [0.25, 0.3) is 0 Å². The summed E-state index contributed by atoms with van der Waals surface area (Å²) in [5, 5.41) is 3.12. The SMILES string of the molecule is CNc1cc(C(C)(C)C)nc(CSC(C)(C)C)n1. The fourth-order valence-electron chi connectivity index (χ4n) is 1.36. The first kappa shape index (κ1) is 15.3. The minimum atomic E-state index is 0.0513. The van der Waals surface area contributed by atoms with Gasteiger partial charge >= 0.3 is 0 Å². The van der Waals surface area contributed by atoms with E-state index in [9.17, 15) is 0 Å². The molecule has 0 fully saturated rings. The number of aromatic nitrogens is 2. The fourth-order valence-corrected chi connectivity index (χ4v) is 2.05.